The molecule has 1 amide bonds. The number of nitrogens with two attached hydrogens (primary N) is 1. The summed E-state index contributed by atoms with van der Waals surface area (Å²) in [7, 11) is 0. The van der Waals surface area contributed by atoms with Crippen LogP contribution in [0.2, 0.25) is 0 Å². The maximum atomic E-state index is 12.5. The van der Waals surface area contributed by atoms with Crippen LogP contribution in [0.1, 0.15) is 47.9 Å². The lowest BCUT2D eigenvalue weighted by molar-refractivity contribution is 0.0917. The number of halogens is 1. The second-order valence-electron chi connectivity index (χ2n) is 7.97. The van der Waals surface area contributed by atoms with E-state index in [-0.39, 0.29) is 23.6 Å². The molecule has 3 heterocycles. The number of carbonyl (C=O) groups excluding carboxylic acids is 1. The lowest BCUT2D eigenvalue weighted by Gasteiger charge is -2.38. The SMILES string of the molecule is Cc1cccc(C(=O)NC(C)CC[C@H]2CC3(CSC(N)=N3)c3cc(Br)ccc3O2)n1. The summed E-state index contributed by atoms with van der Waals surface area (Å²) in [6.45, 7) is 3.89. The van der Waals surface area contributed by atoms with Gasteiger partial charge in [-0.25, -0.2) is 4.98 Å². The number of amides is 1. The molecule has 0 radical (unpaired) electrons. The van der Waals surface area contributed by atoms with Crippen LogP contribution in [0.25, 0.3) is 0 Å². The maximum Gasteiger partial charge on any atom is 0.270 e. The molecule has 0 saturated heterocycles. The molecule has 0 aliphatic carbocycles. The predicted molar refractivity (Wildman–Crippen MR) is 124 cm³/mol. The number of hydrogen-bond acceptors (Lipinski definition) is 6. The molecule has 8 heteroatoms. The van der Waals surface area contributed by atoms with E-state index >= 15 is 0 Å². The molecule has 2 aliphatic heterocycles. The molecule has 0 fully saturated rings. The van der Waals surface area contributed by atoms with Crippen LogP contribution in [0, 0.1) is 6.92 Å². The molecular formula is C22H25BrN4O2S. The lowest BCUT2D eigenvalue weighted by Crippen LogP contribution is -2.39. The average Bonchev–Trinajstić information content (AvgIpc) is 3.08. The Bertz CT molecular complexity index is 999. The van der Waals surface area contributed by atoms with E-state index in [1.807, 2.05) is 38.1 Å². The van der Waals surface area contributed by atoms with Crippen molar-refractivity contribution in [2.75, 3.05) is 5.75 Å². The van der Waals surface area contributed by atoms with Gasteiger partial charge in [-0.05, 0) is 57.0 Å². The van der Waals surface area contributed by atoms with Crippen molar-refractivity contribution >= 4 is 38.8 Å². The average molecular weight is 489 g/mol. The van der Waals surface area contributed by atoms with Crippen molar-refractivity contribution in [3.05, 3.63) is 57.8 Å². The van der Waals surface area contributed by atoms with Gasteiger partial charge in [0.15, 0.2) is 5.17 Å². The molecule has 2 aromatic rings. The van der Waals surface area contributed by atoms with Gasteiger partial charge in [0.2, 0.25) is 0 Å². The third kappa shape index (κ3) is 4.49. The number of hydrogen-bond donors (Lipinski definition) is 2. The van der Waals surface area contributed by atoms with Crippen molar-refractivity contribution < 1.29 is 9.53 Å². The minimum atomic E-state index is -0.339. The molecule has 4 rings (SSSR count). The zero-order valence-electron chi connectivity index (χ0n) is 17.0. The fourth-order valence-electron chi connectivity index (χ4n) is 4.02. The maximum absolute atomic E-state index is 12.5. The number of rotatable bonds is 5. The Hall–Kier alpha value is -2.06. The molecule has 0 bridgehead atoms. The van der Waals surface area contributed by atoms with Crippen LogP contribution >= 0.6 is 27.7 Å². The minimum absolute atomic E-state index is 0.0113. The topological polar surface area (TPSA) is 89.6 Å². The highest BCUT2D eigenvalue weighted by Crippen LogP contribution is 2.48. The Morgan fingerprint density at radius 3 is 3.00 bits per heavy atom. The normalized spacial score (nSPS) is 23.4. The molecule has 2 unspecified atom stereocenters. The Kier molecular flexibility index (Phi) is 6.06. The van der Waals surface area contributed by atoms with Gasteiger partial charge in [0, 0.05) is 33.9 Å². The highest BCUT2D eigenvalue weighted by molar-refractivity contribution is 9.10. The first-order chi connectivity index (χ1) is 14.3. The molecule has 2 aliphatic rings. The standard InChI is InChI=1S/C22H25BrN4O2S/c1-13-4-3-5-18(25-13)20(28)26-14(2)6-8-16-11-22(12-30-21(24)27-22)17-10-15(23)7-9-19(17)29-16/h3-5,7,9-10,14,16H,6,8,11-12H2,1-2H3,(H2,24,27)(H,26,28)/t14?,16-,22?/m0/s1. The Morgan fingerprint density at radius 1 is 1.43 bits per heavy atom. The van der Waals surface area contributed by atoms with E-state index in [4.69, 9.17) is 15.5 Å². The molecule has 30 heavy (non-hydrogen) atoms. The summed E-state index contributed by atoms with van der Waals surface area (Å²) in [5, 5.41) is 3.68. The van der Waals surface area contributed by atoms with Crippen LogP contribution in [-0.4, -0.2) is 34.0 Å². The molecule has 1 aromatic heterocycles. The van der Waals surface area contributed by atoms with Crippen molar-refractivity contribution in [1.82, 2.24) is 10.3 Å². The molecule has 6 nitrogen and oxygen atoms in total. The number of aryl methyl sites for hydroxylation is 1. The van der Waals surface area contributed by atoms with Gasteiger partial charge in [-0.15, -0.1) is 0 Å². The third-order valence-corrected chi connectivity index (χ3v) is 7.01. The van der Waals surface area contributed by atoms with Gasteiger partial charge in [0.25, 0.3) is 5.91 Å². The number of carbonyl (C=O) groups is 1. The Morgan fingerprint density at radius 2 is 2.27 bits per heavy atom. The molecule has 3 N–H and O–H groups in total. The molecular weight excluding hydrogens is 464 g/mol. The molecule has 158 valence electrons. The second-order valence-corrected chi connectivity index (χ2v) is 9.88. The quantitative estimate of drug-likeness (QED) is 0.659. The van der Waals surface area contributed by atoms with E-state index in [1.54, 1.807) is 17.8 Å². The largest absolute Gasteiger partial charge is 0.490 e. The number of fused-ring (bicyclic) bond motifs is 2. The zero-order valence-corrected chi connectivity index (χ0v) is 19.4. The van der Waals surface area contributed by atoms with Gasteiger partial charge in [-0.3, -0.25) is 9.79 Å². The summed E-state index contributed by atoms with van der Waals surface area (Å²) < 4.78 is 7.31. The van der Waals surface area contributed by atoms with Gasteiger partial charge in [-0.1, -0.05) is 33.8 Å². The number of pyridine rings is 1. The monoisotopic (exact) mass is 488 g/mol. The summed E-state index contributed by atoms with van der Waals surface area (Å²) in [5.41, 5.74) is 8.06. The number of nitrogens with zero attached hydrogens (tertiary/aromatic N) is 2. The summed E-state index contributed by atoms with van der Waals surface area (Å²) in [6, 6.07) is 11.5. The molecule has 3 atom stereocenters. The van der Waals surface area contributed by atoms with E-state index in [1.165, 1.54) is 0 Å². The number of thioether (sulfide) groups is 1. The van der Waals surface area contributed by atoms with Crippen LogP contribution in [0.15, 0.2) is 45.9 Å². The summed E-state index contributed by atoms with van der Waals surface area (Å²) in [5.74, 6) is 1.55. The van der Waals surface area contributed by atoms with E-state index in [2.05, 4.69) is 32.3 Å². The fraction of sp³-hybridized carbons (Fsp3) is 0.409. The Balaban J connectivity index is 1.42. The number of ether oxygens (including phenoxy) is 1. The van der Waals surface area contributed by atoms with Gasteiger partial charge < -0.3 is 15.8 Å². The predicted octanol–water partition coefficient (Wildman–Crippen LogP) is 4.16. The minimum Gasteiger partial charge on any atom is -0.490 e. The van der Waals surface area contributed by atoms with E-state index in [9.17, 15) is 4.79 Å². The van der Waals surface area contributed by atoms with Gasteiger partial charge in [0.05, 0.1) is 0 Å². The summed E-state index contributed by atoms with van der Waals surface area (Å²) >= 11 is 5.16. The van der Waals surface area contributed by atoms with E-state index in [0.717, 1.165) is 46.5 Å². The van der Waals surface area contributed by atoms with Gasteiger partial charge in [0.1, 0.15) is 23.1 Å². The van der Waals surface area contributed by atoms with Crippen LogP contribution in [0.3, 0.4) is 0 Å². The first-order valence-electron chi connectivity index (χ1n) is 10.0. The van der Waals surface area contributed by atoms with Crippen LogP contribution in [0.4, 0.5) is 0 Å². The second kappa shape index (κ2) is 8.59. The van der Waals surface area contributed by atoms with Crippen LogP contribution in [-0.2, 0) is 5.54 Å². The number of aliphatic imine (C=N–C) groups is 1. The molecule has 1 spiro atoms. The van der Waals surface area contributed by atoms with E-state index in [0.29, 0.717) is 10.9 Å². The van der Waals surface area contributed by atoms with Crippen LogP contribution in [0.5, 0.6) is 5.75 Å². The summed E-state index contributed by atoms with van der Waals surface area (Å²) in [4.78, 5) is 21.6. The molecule has 0 saturated carbocycles. The van der Waals surface area contributed by atoms with Gasteiger partial charge >= 0.3 is 0 Å². The first kappa shape index (κ1) is 21.2. The lowest BCUT2D eigenvalue weighted by atomic mass is 9.82. The highest BCUT2D eigenvalue weighted by atomic mass is 79.9. The highest BCUT2D eigenvalue weighted by Gasteiger charge is 2.45. The van der Waals surface area contributed by atoms with Crippen molar-refractivity contribution in [3.63, 3.8) is 0 Å². The number of aromatic nitrogens is 1. The third-order valence-electron chi connectivity index (χ3n) is 5.51. The number of amidine groups is 1. The van der Waals surface area contributed by atoms with Crippen molar-refractivity contribution in [1.29, 1.82) is 0 Å². The van der Waals surface area contributed by atoms with Crippen LogP contribution < -0.4 is 15.8 Å². The zero-order chi connectivity index (χ0) is 21.3. The van der Waals surface area contributed by atoms with Crippen molar-refractivity contribution in [2.45, 2.75) is 50.8 Å². The molecule has 1 aromatic carbocycles. The van der Waals surface area contributed by atoms with Gasteiger partial charge in [-0.2, -0.15) is 0 Å². The summed E-state index contributed by atoms with van der Waals surface area (Å²) in [6.07, 6.45) is 2.42. The smallest absolute Gasteiger partial charge is 0.270 e. The first-order valence-corrected chi connectivity index (χ1v) is 11.8. The fourth-order valence-corrected chi connectivity index (χ4v) is 5.35. The van der Waals surface area contributed by atoms with Crippen molar-refractivity contribution in [3.8, 4) is 5.75 Å². The number of nitrogens with one attached hydrogen (secondary N) is 1. The van der Waals surface area contributed by atoms with Crippen molar-refractivity contribution in [2.24, 2.45) is 10.7 Å². The van der Waals surface area contributed by atoms with E-state index < -0.39 is 0 Å². The Labute approximate surface area is 189 Å². The number of benzene rings is 1.